The van der Waals surface area contributed by atoms with E-state index in [1.807, 2.05) is 0 Å². The van der Waals surface area contributed by atoms with E-state index >= 15 is 0 Å². The van der Waals surface area contributed by atoms with Crippen LogP contribution in [0.1, 0.15) is 42.4 Å². The van der Waals surface area contributed by atoms with Crippen molar-refractivity contribution in [1.82, 2.24) is 9.78 Å². The van der Waals surface area contributed by atoms with Gasteiger partial charge in [0, 0.05) is 7.05 Å². The van der Waals surface area contributed by atoms with Gasteiger partial charge in [-0.15, -0.1) is 0 Å². The maximum atomic E-state index is 11.9. The Balaban J connectivity index is 3.32. The van der Waals surface area contributed by atoms with Crippen molar-refractivity contribution >= 4 is 5.97 Å². The molecule has 0 aromatic carbocycles. The molecule has 1 heterocycles. The summed E-state index contributed by atoms with van der Waals surface area (Å²) in [6, 6.07) is 0. The van der Waals surface area contributed by atoms with Crippen LogP contribution < -0.4 is 5.56 Å². The van der Waals surface area contributed by atoms with Gasteiger partial charge in [-0.3, -0.25) is 4.79 Å². The van der Waals surface area contributed by atoms with Crippen LogP contribution in [0.4, 0.5) is 0 Å². The van der Waals surface area contributed by atoms with Gasteiger partial charge in [-0.2, -0.15) is 5.10 Å². The summed E-state index contributed by atoms with van der Waals surface area (Å²) in [6.45, 7) is 8.74. The Bertz CT molecular complexity index is 510. The van der Waals surface area contributed by atoms with E-state index in [0.717, 1.165) is 4.68 Å². The van der Waals surface area contributed by atoms with Crippen LogP contribution in [0.2, 0.25) is 0 Å². The molecule has 0 aliphatic heterocycles. The third kappa shape index (κ3) is 2.93. The van der Waals surface area contributed by atoms with Gasteiger partial charge in [-0.05, 0) is 40.2 Å². The van der Waals surface area contributed by atoms with Crippen LogP contribution in [0.15, 0.2) is 4.79 Å². The van der Waals surface area contributed by atoms with Crippen molar-refractivity contribution in [2.75, 3.05) is 0 Å². The molecular weight excluding hydrogens is 220 g/mol. The van der Waals surface area contributed by atoms with Gasteiger partial charge in [-0.1, -0.05) is 0 Å². The van der Waals surface area contributed by atoms with Crippen molar-refractivity contribution < 1.29 is 9.53 Å². The monoisotopic (exact) mass is 238 g/mol. The fourth-order valence-corrected chi connectivity index (χ4v) is 1.42. The minimum atomic E-state index is -0.619. The molecule has 0 atom stereocenters. The largest absolute Gasteiger partial charge is 0.456 e. The minimum absolute atomic E-state index is 0.0647. The average molecular weight is 238 g/mol. The normalized spacial score (nSPS) is 11.4. The van der Waals surface area contributed by atoms with Gasteiger partial charge < -0.3 is 4.74 Å². The molecule has 0 amide bonds. The van der Waals surface area contributed by atoms with Gasteiger partial charge in [0.15, 0.2) is 0 Å². The molecule has 0 N–H and O–H groups in total. The average Bonchev–Trinajstić information content (AvgIpc) is 2.12. The van der Waals surface area contributed by atoms with Gasteiger partial charge in [0.05, 0.1) is 5.69 Å². The number of hydrogen-bond acceptors (Lipinski definition) is 4. The van der Waals surface area contributed by atoms with E-state index < -0.39 is 17.1 Å². The molecule has 0 aliphatic carbocycles. The van der Waals surface area contributed by atoms with Crippen LogP contribution in [-0.4, -0.2) is 21.4 Å². The van der Waals surface area contributed by atoms with Crippen molar-refractivity contribution in [3.05, 3.63) is 27.2 Å². The SMILES string of the molecule is Cc1nn(C)c(=O)c(C(=O)OC(C)(C)C)c1C. The van der Waals surface area contributed by atoms with E-state index in [1.165, 1.54) is 7.05 Å². The number of carbonyl (C=O) groups is 1. The van der Waals surface area contributed by atoms with Crippen molar-refractivity contribution in [2.24, 2.45) is 7.05 Å². The zero-order valence-corrected chi connectivity index (χ0v) is 11.1. The van der Waals surface area contributed by atoms with Crippen molar-refractivity contribution in [3.8, 4) is 0 Å². The lowest BCUT2D eigenvalue weighted by Crippen LogP contribution is -2.33. The number of esters is 1. The summed E-state index contributed by atoms with van der Waals surface area (Å²) in [5.41, 5.74) is 0.235. The zero-order valence-electron chi connectivity index (χ0n) is 11.1. The number of carbonyl (C=O) groups excluding carboxylic acids is 1. The second-order valence-electron chi connectivity index (χ2n) is 5.02. The number of hydrogen-bond donors (Lipinski definition) is 0. The topological polar surface area (TPSA) is 61.2 Å². The predicted molar refractivity (Wildman–Crippen MR) is 64.1 cm³/mol. The maximum absolute atomic E-state index is 11.9. The first-order chi connectivity index (χ1) is 7.63. The molecule has 0 saturated heterocycles. The van der Waals surface area contributed by atoms with Gasteiger partial charge in [0.2, 0.25) is 0 Å². The number of aryl methyl sites for hydroxylation is 2. The molecule has 5 nitrogen and oxygen atoms in total. The Morgan fingerprint density at radius 2 is 1.82 bits per heavy atom. The van der Waals surface area contributed by atoms with Gasteiger partial charge in [0.1, 0.15) is 11.2 Å². The number of ether oxygens (including phenoxy) is 1. The Morgan fingerprint density at radius 1 is 1.29 bits per heavy atom. The molecule has 17 heavy (non-hydrogen) atoms. The Labute approximate surface area is 100 Å². The minimum Gasteiger partial charge on any atom is -0.456 e. The Kier molecular flexibility index (Phi) is 3.40. The third-order valence-corrected chi connectivity index (χ3v) is 2.33. The molecule has 0 bridgehead atoms. The molecule has 0 radical (unpaired) electrons. The van der Waals surface area contributed by atoms with Crippen LogP contribution >= 0.6 is 0 Å². The van der Waals surface area contributed by atoms with Gasteiger partial charge in [-0.25, -0.2) is 9.48 Å². The molecule has 0 saturated carbocycles. The lowest BCUT2D eigenvalue weighted by Gasteiger charge is -2.20. The Hall–Kier alpha value is -1.65. The quantitative estimate of drug-likeness (QED) is 0.693. The summed E-state index contributed by atoms with van der Waals surface area (Å²) in [7, 11) is 1.52. The smallest absolute Gasteiger partial charge is 0.344 e. The standard InChI is InChI=1S/C12H18N2O3/c1-7-8(2)13-14(6)10(15)9(7)11(16)17-12(3,4)5/h1-6H3. The molecule has 1 aromatic rings. The highest BCUT2D eigenvalue weighted by Crippen LogP contribution is 2.13. The zero-order chi connectivity index (χ0) is 13.4. The van der Waals surface area contributed by atoms with Crippen LogP contribution in [0.25, 0.3) is 0 Å². The Morgan fingerprint density at radius 3 is 2.29 bits per heavy atom. The first kappa shape index (κ1) is 13.4. The van der Waals surface area contributed by atoms with E-state index in [9.17, 15) is 9.59 Å². The fraction of sp³-hybridized carbons (Fsp3) is 0.583. The highest BCUT2D eigenvalue weighted by atomic mass is 16.6. The summed E-state index contributed by atoms with van der Waals surface area (Å²) in [5, 5.41) is 4.01. The first-order valence-electron chi connectivity index (χ1n) is 5.41. The molecule has 1 rings (SSSR count). The summed E-state index contributed by atoms with van der Waals surface area (Å²) < 4.78 is 6.37. The van der Waals surface area contributed by atoms with E-state index in [1.54, 1.807) is 34.6 Å². The van der Waals surface area contributed by atoms with Gasteiger partial charge >= 0.3 is 5.97 Å². The second-order valence-corrected chi connectivity index (χ2v) is 5.02. The highest BCUT2D eigenvalue weighted by Gasteiger charge is 2.24. The summed E-state index contributed by atoms with van der Waals surface area (Å²) in [5.74, 6) is -0.596. The van der Waals surface area contributed by atoms with Crippen molar-refractivity contribution in [1.29, 1.82) is 0 Å². The predicted octanol–water partition coefficient (Wildman–Crippen LogP) is 1.35. The van der Waals surface area contributed by atoms with E-state index in [-0.39, 0.29) is 5.56 Å². The number of rotatable bonds is 1. The molecule has 0 unspecified atom stereocenters. The summed E-state index contributed by atoms with van der Waals surface area (Å²) >= 11 is 0. The van der Waals surface area contributed by atoms with Crippen LogP contribution in [0.3, 0.4) is 0 Å². The summed E-state index contributed by atoms with van der Waals surface area (Å²) in [6.07, 6.45) is 0. The third-order valence-electron chi connectivity index (χ3n) is 2.33. The number of nitrogens with zero attached hydrogens (tertiary/aromatic N) is 2. The second kappa shape index (κ2) is 4.31. The lowest BCUT2D eigenvalue weighted by atomic mass is 10.1. The molecule has 0 spiro atoms. The van der Waals surface area contributed by atoms with Crippen LogP contribution in [0, 0.1) is 13.8 Å². The lowest BCUT2D eigenvalue weighted by molar-refractivity contribution is 0.00654. The van der Waals surface area contributed by atoms with Crippen molar-refractivity contribution in [3.63, 3.8) is 0 Å². The molecule has 1 aromatic heterocycles. The van der Waals surface area contributed by atoms with Crippen LogP contribution in [0.5, 0.6) is 0 Å². The molecule has 5 heteroatoms. The van der Waals surface area contributed by atoms with E-state index in [0.29, 0.717) is 11.3 Å². The summed E-state index contributed by atoms with van der Waals surface area (Å²) in [4.78, 5) is 23.8. The molecular formula is C12H18N2O3. The van der Waals surface area contributed by atoms with Gasteiger partial charge in [0.25, 0.3) is 5.56 Å². The highest BCUT2D eigenvalue weighted by molar-refractivity contribution is 5.91. The molecule has 0 fully saturated rings. The van der Waals surface area contributed by atoms with E-state index in [2.05, 4.69) is 5.10 Å². The fourth-order valence-electron chi connectivity index (χ4n) is 1.42. The maximum Gasteiger partial charge on any atom is 0.344 e. The number of aromatic nitrogens is 2. The van der Waals surface area contributed by atoms with Crippen molar-refractivity contribution in [2.45, 2.75) is 40.2 Å². The first-order valence-corrected chi connectivity index (χ1v) is 5.41. The molecule has 0 aliphatic rings. The van der Waals surface area contributed by atoms with E-state index in [4.69, 9.17) is 4.74 Å². The van der Waals surface area contributed by atoms with Crippen LogP contribution in [-0.2, 0) is 11.8 Å². The molecule has 94 valence electrons.